The maximum Gasteiger partial charge on any atom is 0.238 e. The summed E-state index contributed by atoms with van der Waals surface area (Å²) in [6.45, 7) is 0. The average Bonchev–Trinajstić information content (AvgIpc) is 1.54. The molecular weight excluding hydrogens is 1830 g/mol. The summed E-state index contributed by atoms with van der Waals surface area (Å²) in [5, 5.41) is 10.6. The minimum Gasteiger partial charge on any atom is -0.309 e. The number of benzene rings is 21. The fourth-order valence-electron chi connectivity index (χ4n) is 21.3. The second-order valence-corrected chi connectivity index (χ2v) is 36.4. The Balaban J connectivity index is 0.000000116. The maximum absolute atomic E-state index is 9.04. The lowest BCUT2D eigenvalue weighted by molar-refractivity contribution is 0.953. The van der Waals surface area contributed by atoms with Crippen LogP contribution >= 0.6 is 0 Å². The van der Waals surface area contributed by atoms with Gasteiger partial charge in [0.05, 0.1) is 86.8 Å². The van der Waals surface area contributed by atoms with Crippen LogP contribution in [0, 0.1) is 0 Å². The molecular formula is C135H87N15. The summed E-state index contributed by atoms with van der Waals surface area (Å²) in [6.07, 6.45) is 0. The van der Waals surface area contributed by atoms with Gasteiger partial charge in [-0.15, -0.1) is 0 Å². The first-order valence-electron chi connectivity index (χ1n) is 56.7. The van der Waals surface area contributed by atoms with Gasteiger partial charge in [0.1, 0.15) is 0 Å². The third kappa shape index (κ3) is 15.1. The number of rotatable bonds is 15. The van der Waals surface area contributed by atoms with Crippen LogP contribution in [0.3, 0.4) is 0 Å². The predicted molar refractivity (Wildman–Crippen MR) is 614 cm³/mol. The average molecular weight is 1930 g/mol. The lowest BCUT2D eigenvalue weighted by Crippen LogP contribution is -2.06. The maximum atomic E-state index is 9.04. The molecule has 0 saturated carbocycles. The molecule has 0 aliphatic rings. The summed E-state index contributed by atoms with van der Waals surface area (Å²) in [6, 6.07) is 139. The van der Waals surface area contributed by atoms with Crippen molar-refractivity contribution in [1.82, 2.24) is 72.3 Å². The molecule has 0 bridgehead atoms. The van der Waals surface area contributed by atoms with Crippen molar-refractivity contribution >= 4 is 131 Å². The Hall–Kier alpha value is -20.6. The molecule has 30 rings (SSSR count). The molecule has 0 spiro atoms. The lowest BCUT2D eigenvalue weighted by Gasteiger charge is -2.13. The minimum absolute atomic E-state index is 0.0906. The van der Waals surface area contributed by atoms with Crippen molar-refractivity contribution in [3.8, 4) is 137 Å². The van der Waals surface area contributed by atoms with Gasteiger partial charge in [0, 0.05) is 115 Å². The molecule has 0 atom stereocenters. The summed E-state index contributed by atoms with van der Waals surface area (Å²) in [7, 11) is 0. The molecule has 0 N–H and O–H groups in total. The molecule has 30 aromatic rings. The highest BCUT2D eigenvalue weighted by molar-refractivity contribution is 6.29. The standard InChI is InChI=1S/3C45H29N5/c1-4-15-30(16-5-1)32-19-14-20-33(29-32)44-46-43(31-17-6-2-7-18-31)47-45(48-44)50-39-26-13-11-24-37(39)41-40(50)28-27-36-35-23-10-12-25-38(35)49(42(36)41)34-21-8-3-9-22-34;1-4-14-30(15-5-1)31-24-26-33(27-25-31)44-46-43(32-16-6-2-7-17-32)47-45(48-44)50-39-23-13-11-21-37(39)41-40(50)29-28-36-35-20-10-12-22-38(35)49(42(36)41)34-18-8-3-9-19-34;1-4-16-30(17-5-1)33-22-10-11-24-36(33)44-46-43(31-18-6-2-7-19-31)47-45(48-44)50-39-27-15-13-25-37(39)41-40(50)29-28-35-34-23-12-14-26-38(34)49(42(35)41)32-20-8-3-9-21-32/h3*1-29H/i3D,8D,9D,21D,22D;3D,8D,9D,18D,19D;3D,8D,9D,20D,21D. The van der Waals surface area contributed by atoms with Gasteiger partial charge in [-0.3, -0.25) is 13.7 Å². The van der Waals surface area contributed by atoms with Gasteiger partial charge in [0.25, 0.3) is 0 Å². The lowest BCUT2D eigenvalue weighted by atomic mass is 9.99. The third-order valence-electron chi connectivity index (χ3n) is 27.8. The fourth-order valence-corrected chi connectivity index (χ4v) is 21.3. The van der Waals surface area contributed by atoms with Crippen LogP contribution in [-0.2, 0) is 0 Å². The Morgan fingerprint density at radius 2 is 0.387 bits per heavy atom. The molecule has 0 amide bonds. The van der Waals surface area contributed by atoms with Crippen molar-refractivity contribution in [2.75, 3.05) is 0 Å². The van der Waals surface area contributed by atoms with Crippen LogP contribution in [0.15, 0.2) is 527 Å². The van der Waals surface area contributed by atoms with Crippen LogP contribution in [0.1, 0.15) is 20.6 Å². The van der Waals surface area contributed by atoms with E-state index in [1.807, 2.05) is 379 Å². The topological polar surface area (TPSA) is 146 Å². The molecule has 0 unspecified atom stereocenters. The molecule has 150 heavy (non-hydrogen) atoms. The van der Waals surface area contributed by atoms with E-state index in [1.165, 1.54) is 0 Å². The monoisotopic (exact) mass is 1930 g/mol. The zero-order valence-corrected chi connectivity index (χ0v) is 79.8. The SMILES string of the molecule is [2H]c1c([2H])c([2H])c(-n2c3ccccc3c3ccc4c(c5ccccc5n4-c4nc(-c5ccccc5)nc(-c5ccc(-c6ccccc6)cc5)n4)c32)c([2H])c1[2H].[2H]c1c([2H])c([2H])c(-n2c3ccccc3c3ccc4c(c5ccccc5n4-c4nc(-c5ccccc5)nc(-c5cccc(-c6ccccc6)c5)n4)c32)c([2H])c1[2H].[2H]c1c([2H])c([2H])c(-n2c3ccccc3c3ccc4c(c5ccccc5n4-c4nc(-c5ccccc5)nc(-c5ccccc5-c5ccccc5)n4)c32)c([2H])c1[2H]. The van der Waals surface area contributed by atoms with Gasteiger partial charge in [0.2, 0.25) is 17.8 Å². The van der Waals surface area contributed by atoms with Gasteiger partial charge >= 0.3 is 0 Å². The summed E-state index contributed by atoms with van der Waals surface area (Å²) in [4.78, 5) is 46.0. The Kier molecular flexibility index (Phi) is 17.9. The summed E-state index contributed by atoms with van der Waals surface area (Å²) < 4.78 is 142. The van der Waals surface area contributed by atoms with Gasteiger partial charge in [-0.05, 0) is 130 Å². The normalized spacial score (nSPS) is 13.0. The van der Waals surface area contributed by atoms with E-state index < -0.39 is 30.2 Å². The summed E-state index contributed by atoms with van der Waals surface area (Å²) >= 11 is 0. The Morgan fingerprint density at radius 3 is 0.740 bits per heavy atom. The molecule has 0 aliphatic carbocycles. The molecule has 15 heteroatoms. The van der Waals surface area contributed by atoms with Crippen molar-refractivity contribution < 1.29 is 20.6 Å². The van der Waals surface area contributed by atoms with E-state index in [4.69, 9.17) is 65.4 Å². The van der Waals surface area contributed by atoms with Crippen molar-refractivity contribution in [2.24, 2.45) is 0 Å². The molecule has 0 fully saturated rings. The van der Waals surface area contributed by atoms with E-state index in [-0.39, 0.29) is 77.5 Å². The number of para-hydroxylation sites is 9. The Bertz CT molecular complexity index is 11400. The number of aromatic nitrogens is 15. The molecule has 0 aliphatic heterocycles. The van der Waals surface area contributed by atoms with Gasteiger partial charge in [-0.2, -0.15) is 29.9 Å². The Morgan fingerprint density at radius 1 is 0.147 bits per heavy atom. The van der Waals surface area contributed by atoms with Gasteiger partial charge in [0.15, 0.2) is 34.9 Å². The predicted octanol–water partition coefficient (Wildman–Crippen LogP) is 33.2. The van der Waals surface area contributed by atoms with Crippen molar-refractivity contribution in [3.05, 3.63) is 527 Å². The van der Waals surface area contributed by atoms with E-state index >= 15 is 0 Å². The van der Waals surface area contributed by atoms with Crippen LogP contribution in [-0.4, -0.2) is 72.3 Å². The van der Waals surface area contributed by atoms with E-state index in [1.54, 1.807) is 0 Å². The molecule has 21 aromatic carbocycles. The van der Waals surface area contributed by atoms with E-state index in [0.29, 0.717) is 52.8 Å². The van der Waals surface area contributed by atoms with E-state index in [9.17, 15) is 0 Å². The van der Waals surface area contributed by atoms with Crippen LogP contribution in [0.25, 0.3) is 267 Å². The highest BCUT2D eigenvalue weighted by Gasteiger charge is 2.30. The van der Waals surface area contributed by atoms with Gasteiger partial charge in [-0.25, -0.2) is 15.0 Å². The molecule has 702 valence electrons. The molecule has 9 aromatic heterocycles. The molecule has 9 heterocycles. The minimum atomic E-state index is -0.435. The van der Waals surface area contributed by atoms with Crippen LogP contribution in [0.4, 0.5) is 0 Å². The highest BCUT2D eigenvalue weighted by atomic mass is 15.2. The highest BCUT2D eigenvalue weighted by Crippen LogP contribution is 2.48. The Labute approximate surface area is 882 Å². The zero-order chi connectivity index (χ0) is 112. The number of fused-ring (bicyclic) bond motifs is 21. The second-order valence-electron chi connectivity index (χ2n) is 36.4. The zero-order valence-electron chi connectivity index (χ0n) is 94.8. The second kappa shape index (κ2) is 37.0. The molecule has 0 saturated heterocycles. The first-order valence-corrected chi connectivity index (χ1v) is 49.2. The largest absolute Gasteiger partial charge is 0.309 e. The first kappa shape index (κ1) is 72.7. The molecule has 15 nitrogen and oxygen atoms in total. The number of nitrogens with zero attached hydrogens (tertiary/aromatic N) is 15. The van der Waals surface area contributed by atoms with Gasteiger partial charge in [-0.1, -0.05) is 430 Å². The van der Waals surface area contributed by atoms with Crippen LogP contribution < -0.4 is 0 Å². The number of hydrogen-bond acceptors (Lipinski definition) is 9. The quantitative estimate of drug-likeness (QED) is 0.0979. The first-order chi connectivity index (χ1) is 80.7. The van der Waals surface area contributed by atoms with E-state index in [2.05, 4.69) is 84.9 Å². The van der Waals surface area contributed by atoms with Crippen molar-refractivity contribution in [2.45, 2.75) is 0 Å². The van der Waals surface area contributed by atoms with E-state index in [0.717, 1.165) is 198 Å². The fraction of sp³-hybridized carbons (Fsp3) is 0. The van der Waals surface area contributed by atoms with Crippen LogP contribution in [0.5, 0.6) is 0 Å². The summed E-state index contributed by atoms with van der Waals surface area (Å²) in [5.74, 6) is 4.37. The van der Waals surface area contributed by atoms with Gasteiger partial charge < -0.3 is 13.7 Å². The number of hydrogen-bond donors (Lipinski definition) is 0. The summed E-state index contributed by atoms with van der Waals surface area (Å²) in [5.41, 5.74) is 21.0. The van der Waals surface area contributed by atoms with Crippen molar-refractivity contribution in [1.29, 1.82) is 0 Å². The smallest absolute Gasteiger partial charge is 0.238 e. The van der Waals surface area contributed by atoms with Crippen molar-refractivity contribution in [3.63, 3.8) is 0 Å². The third-order valence-corrected chi connectivity index (χ3v) is 27.8. The van der Waals surface area contributed by atoms with Crippen LogP contribution in [0.2, 0.25) is 0 Å². The molecule has 0 radical (unpaired) electrons.